The van der Waals surface area contributed by atoms with Crippen LogP contribution in [-0.2, 0) is 17.9 Å². The van der Waals surface area contributed by atoms with Gasteiger partial charge in [-0.2, -0.15) is 0 Å². The van der Waals surface area contributed by atoms with E-state index in [-0.39, 0.29) is 18.3 Å². The van der Waals surface area contributed by atoms with Crippen LogP contribution in [0, 0.1) is 6.92 Å². The molecule has 2 N–H and O–H groups in total. The summed E-state index contributed by atoms with van der Waals surface area (Å²) in [4.78, 5) is 17.1. The zero-order valence-corrected chi connectivity index (χ0v) is 17.5. The number of anilines is 1. The third kappa shape index (κ3) is 4.72. The van der Waals surface area contributed by atoms with Crippen molar-refractivity contribution in [2.45, 2.75) is 25.2 Å². The number of nitrogens with zero attached hydrogens (tertiary/aromatic N) is 2. The number of hydrogen-bond acceptors (Lipinski definition) is 4. The number of thioether (sulfide) groups is 1. The van der Waals surface area contributed by atoms with Gasteiger partial charge in [-0.25, -0.2) is 4.98 Å². The van der Waals surface area contributed by atoms with E-state index in [9.17, 15) is 9.90 Å². The number of benzene rings is 3. The molecule has 5 nitrogen and oxygen atoms in total. The summed E-state index contributed by atoms with van der Waals surface area (Å²) in [6.45, 7) is 2.57. The number of amides is 1. The van der Waals surface area contributed by atoms with Crippen LogP contribution in [0.25, 0.3) is 10.8 Å². The van der Waals surface area contributed by atoms with Crippen LogP contribution >= 0.6 is 11.8 Å². The summed E-state index contributed by atoms with van der Waals surface area (Å²) in [6, 6.07) is 22.1. The molecule has 0 fully saturated rings. The average Bonchev–Trinajstić information content (AvgIpc) is 3.16. The first-order valence-corrected chi connectivity index (χ1v) is 10.7. The molecule has 1 amide bonds. The van der Waals surface area contributed by atoms with Gasteiger partial charge in [0.05, 0.1) is 18.1 Å². The van der Waals surface area contributed by atoms with E-state index in [0.717, 1.165) is 22.0 Å². The van der Waals surface area contributed by atoms with E-state index in [4.69, 9.17) is 0 Å². The van der Waals surface area contributed by atoms with Crippen molar-refractivity contribution in [1.29, 1.82) is 0 Å². The number of aryl methyl sites for hydroxylation is 1. The summed E-state index contributed by atoms with van der Waals surface area (Å²) in [6.07, 6.45) is 1.84. The number of aliphatic hydroxyl groups excluding tert-OH is 1. The first kappa shape index (κ1) is 20.2. The summed E-state index contributed by atoms with van der Waals surface area (Å²) >= 11 is 1.37. The van der Waals surface area contributed by atoms with Gasteiger partial charge in [0.1, 0.15) is 0 Å². The van der Waals surface area contributed by atoms with E-state index >= 15 is 0 Å². The Hall–Kier alpha value is -3.09. The lowest BCUT2D eigenvalue weighted by molar-refractivity contribution is -0.113. The fourth-order valence-electron chi connectivity index (χ4n) is 3.30. The van der Waals surface area contributed by atoms with E-state index in [1.807, 2.05) is 53.2 Å². The highest BCUT2D eigenvalue weighted by Crippen LogP contribution is 2.24. The molecule has 0 aliphatic rings. The second-order valence-corrected chi connectivity index (χ2v) is 8.09. The molecule has 30 heavy (non-hydrogen) atoms. The smallest absolute Gasteiger partial charge is 0.234 e. The normalized spacial score (nSPS) is 11.0. The van der Waals surface area contributed by atoms with Crippen molar-refractivity contribution < 1.29 is 9.90 Å². The lowest BCUT2D eigenvalue weighted by Gasteiger charge is -2.10. The van der Waals surface area contributed by atoms with Crippen molar-refractivity contribution in [3.05, 3.63) is 89.7 Å². The molecule has 3 aromatic carbocycles. The third-order valence-electron chi connectivity index (χ3n) is 4.82. The van der Waals surface area contributed by atoms with Crippen LogP contribution < -0.4 is 5.32 Å². The largest absolute Gasteiger partial charge is 0.390 e. The predicted molar refractivity (Wildman–Crippen MR) is 122 cm³/mol. The van der Waals surface area contributed by atoms with Gasteiger partial charge in [0.25, 0.3) is 0 Å². The van der Waals surface area contributed by atoms with Gasteiger partial charge >= 0.3 is 0 Å². The SMILES string of the molecule is Cc1ccc(Cn2cc(CO)nc2SCC(=O)Nc2cccc3ccccc23)cc1. The van der Waals surface area contributed by atoms with Gasteiger partial charge in [-0.3, -0.25) is 4.79 Å². The van der Waals surface area contributed by atoms with Crippen LogP contribution in [0.1, 0.15) is 16.8 Å². The van der Waals surface area contributed by atoms with E-state index in [2.05, 4.69) is 41.5 Å². The van der Waals surface area contributed by atoms with Crippen LogP contribution in [0.4, 0.5) is 5.69 Å². The molecule has 0 atom stereocenters. The minimum Gasteiger partial charge on any atom is -0.390 e. The van der Waals surface area contributed by atoms with Gasteiger partial charge in [-0.1, -0.05) is 78.0 Å². The minimum atomic E-state index is -0.128. The van der Waals surface area contributed by atoms with Crippen LogP contribution in [0.5, 0.6) is 0 Å². The monoisotopic (exact) mass is 417 g/mol. The van der Waals surface area contributed by atoms with E-state index in [1.54, 1.807) is 0 Å². The molecule has 4 rings (SSSR count). The Kier molecular flexibility index (Phi) is 6.16. The quantitative estimate of drug-likeness (QED) is 0.431. The number of carbonyl (C=O) groups is 1. The minimum absolute atomic E-state index is 0.0909. The number of aromatic nitrogens is 2. The van der Waals surface area contributed by atoms with Crippen molar-refractivity contribution in [3.8, 4) is 0 Å². The van der Waals surface area contributed by atoms with Crippen LogP contribution in [-0.4, -0.2) is 26.3 Å². The number of imidazole rings is 1. The van der Waals surface area contributed by atoms with Crippen LogP contribution in [0.2, 0.25) is 0 Å². The van der Waals surface area contributed by atoms with Crippen LogP contribution in [0.3, 0.4) is 0 Å². The topological polar surface area (TPSA) is 67.1 Å². The molecule has 0 unspecified atom stereocenters. The van der Waals surface area contributed by atoms with Gasteiger partial charge in [-0.15, -0.1) is 0 Å². The first-order valence-electron chi connectivity index (χ1n) is 9.75. The number of aliphatic hydroxyl groups is 1. The molecule has 6 heteroatoms. The number of fused-ring (bicyclic) bond motifs is 1. The summed E-state index contributed by atoms with van der Waals surface area (Å²) < 4.78 is 1.98. The standard InChI is InChI=1S/C24H23N3O2S/c1-17-9-11-18(12-10-17)13-27-14-20(15-28)25-24(27)30-16-23(29)26-22-8-4-6-19-5-2-3-7-21(19)22/h2-12,14,28H,13,15-16H2,1H3,(H,26,29). The predicted octanol–water partition coefficient (Wildman–Crippen LogP) is 4.62. The average molecular weight is 418 g/mol. The molecule has 1 heterocycles. The summed E-state index contributed by atoms with van der Waals surface area (Å²) in [7, 11) is 0. The number of rotatable bonds is 7. The number of nitrogens with one attached hydrogen (secondary N) is 1. The van der Waals surface area contributed by atoms with Crippen molar-refractivity contribution in [2.75, 3.05) is 11.1 Å². The summed E-state index contributed by atoms with van der Waals surface area (Å²) in [5.41, 5.74) is 3.75. The molecule has 152 valence electrons. The van der Waals surface area contributed by atoms with E-state index < -0.39 is 0 Å². The molecular formula is C24H23N3O2S. The summed E-state index contributed by atoms with van der Waals surface area (Å²) in [5, 5.41) is 15.3. The van der Waals surface area contributed by atoms with Crippen molar-refractivity contribution in [3.63, 3.8) is 0 Å². The highest BCUT2D eigenvalue weighted by atomic mass is 32.2. The maximum atomic E-state index is 12.6. The van der Waals surface area contributed by atoms with Gasteiger partial charge in [0, 0.05) is 23.8 Å². The maximum absolute atomic E-state index is 12.6. The lowest BCUT2D eigenvalue weighted by atomic mass is 10.1. The van der Waals surface area contributed by atoms with Crippen molar-refractivity contribution >= 4 is 34.1 Å². The fraction of sp³-hybridized carbons (Fsp3) is 0.167. The van der Waals surface area contributed by atoms with Crippen LogP contribution in [0.15, 0.2) is 78.1 Å². The highest BCUT2D eigenvalue weighted by molar-refractivity contribution is 7.99. The van der Waals surface area contributed by atoms with Crippen molar-refractivity contribution in [2.24, 2.45) is 0 Å². The maximum Gasteiger partial charge on any atom is 0.234 e. The highest BCUT2D eigenvalue weighted by Gasteiger charge is 2.12. The van der Waals surface area contributed by atoms with E-state index in [1.165, 1.54) is 17.3 Å². The Morgan fingerprint density at radius 3 is 2.63 bits per heavy atom. The molecule has 0 radical (unpaired) electrons. The zero-order valence-electron chi connectivity index (χ0n) is 16.7. The Balaban J connectivity index is 1.45. The Morgan fingerprint density at radius 1 is 1.07 bits per heavy atom. The van der Waals surface area contributed by atoms with Gasteiger partial charge < -0.3 is 15.0 Å². The molecule has 0 saturated heterocycles. The van der Waals surface area contributed by atoms with Gasteiger partial charge in [0.2, 0.25) is 5.91 Å². The molecule has 4 aromatic rings. The number of carbonyl (C=O) groups excluding carboxylic acids is 1. The molecule has 0 spiro atoms. The van der Waals surface area contributed by atoms with E-state index in [0.29, 0.717) is 17.4 Å². The summed E-state index contributed by atoms with van der Waals surface area (Å²) in [5.74, 6) is 0.144. The Morgan fingerprint density at radius 2 is 1.83 bits per heavy atom. The molecule has 0 aliphatic carbocycles. The fourth-order valence-corrected chi connectivity index (χ4v) is 4.09. The molecular weight excluding hydrogens is 394 g/mol. The zero-order chi connectivity index (χ0) is 20.9. The molecule has 0 bridgehead atoms. The van der Waals surface area contributed by atoms with Crippen molar-refractivity contribution in [1.82, 2.24) is 9.55 Å². The molecule has 0 saturated carbocycles. The van der Waals surface area contributed by atoms with Gasteiger partial charge in [0.15, 0.2) is 5.16 Å². The Bertz CT molecular complexity index is 1160. The molecule has 1 aromatic heterocycles. The molecule has 0 aliphatic heterocycles. The van der Waals surface area contributed by atoms with Gasteiger partial charge in [-0.05, 0) is 23.9 Å². The first-order chi connectivity index (χ1) is 14.6. The lowest BCUT2D eigenvalue weighted by Crippen LogP contribution is -2.15. The Labute approximate surface area is 179 Å². The second kappa shape index (κ2) is 9.15. The second-order valence-electron chi connectivity index (χ2n) is 7.15. The number of hydrogen-bond donors (Lipinski definition) is 2. The third-order valence-corrected chi connectivity index (χ3v) is 5.81.